The smallest absolute Gasteiger partial charge is 0.142 e. The second-order valence-electron chi connectivity index (χ2n) is 4.53. The van der Waals surface area contributed by atoms with Gasteiger partial charge in [-0.2, -0.15) is 0 Å². The van der Waals surface area contributed by atoms with Crippen molar-refractivity contribution in [1.29, 1.82) is 0 Å². The first-order valence-corrected chi connectivity index (χ1v) is 6.71. The van der Waals surface area contributed by atoms with Crippen LogP contribution in [-0.2, 0) is 6.42 Å². The Bertz CT molecular complexity index is 341. The minimum Gasteiger partial charge on any atom is -0.327 e. The highest BCUT2D eigenvalue weighted by atomic mass is 35.5. The second kappa shape index (κ2) is 7.67. The summed E-state index contributed by atoms with van der Waals surface area (Å²) >= 11 is 5.89. The highest BCUT2D eigenvalue weighted by molar-refractivity contribution is 6.31. The van der Waals surface area contributed by atoms with Gasteiger partial charge in [-0.1, -0.05) is 56.3 Å². The Morgan fingerprint density at radius 3 is 2.76 bits per heavy atom. The molecule has 2 N–H and O–H groups in total. The SMILES string of the molecule is CCCCCCC(N)Cc1cccc(F)c1Cl. The average molecular weight is 258 g/mol. The zero-order chi connectivity index (χ0) is 12.7. The van der Waals surface area contributed by atoms with Gasteiger partial charge in [0.25, 0.3) is 0 Å². The summed E-state index contributed by atoms with van der Waals surface area (Å²) < 4.78 is 13.2. The Kier molecular flexibility index (Phi) is 6.53. The average Bonchev–Trinajstić information content (AvgIpc) is 2.31. The number of unbranched alkanes of at least 4 members (excludes halogenated alkanes) is 3. The zero-order valence-electron chi connectivity index (χ0n) is 10.4. The third-order valence-electron chi connectivity index (χ3n) is 2.94. The summed E-state index contributed by atoms with van der Waals surface area (Å²) in [5.74, 6) is -0.359. The predicted octanol–water partition coefficient (Wildman–Crippen LogP) is 4.32. The minimum atomic E-state index is -0.359. The molecule has 3 heteroatoms. The summed E-state index contributed by atoms with van der Waals surface area (Å²) in [7, 11) is 0. The highest BCUT2D eigenvalue weighted by Crippen LogP contribution is 2.21. The predicted molar refractivity (Wildman–Crippen MR) is 71.8 cm³/mol. The molecule has 17 heavy (non-hydrogen) atoms. The van der Waals surface area contributed by atoms with E-state index in [1.807, 2.05) is 6.07 Å². The van der Waals surface area contributed by atoms with Crippen molar-refractivity contribution in [2.75, 3.05) is 0 Å². The third-order valence-corrected chi connectivity index (χ3v) is 3.37. The van der Waals surface area contributed by atoms with Gasteiger partial charge in [-0.05, 0) is 24.5 Å². The van der Waals surface area contributed by atoms with E-state index < -0.39 is 0 Å². The number of benzene rings is 1. The van der Waals surface area contributed by atoms with Crippen LogP contribution in [0.2, 0.25) is 5.02 Å². The molecular weight excluding hydrogens is 237 g/mol. The van der Waals surface area contributed by atoms with E-state index >= 15 is 0 Å². The van der Waals surface area contributed by atoms with Crippen LogP contribution in [-0.4, -0.2) is 6.04 Å². The van der Waals surface area contributed by atoms with Crippen LogP contribution in [0.3, 0.4) is 0 Å². The molecule has 1 aromatic carbocycles. The lowest BCUT2D eigenvalue weighted by molar-refractivity contribution is 0.544. The molecular formula is C14H21ClFN. The molecule has 96 valence electrons. The molecule has 1 nitrogen and oxygen atoms in total. The van der Waals surface area contributed by atoms with E-state index in [0.29, 0.717) is 6.42 Å². The summed E-state index contributed by atoms with van der Waals surface area (Å²) in [4.78, 5) is 0. The quantitative estimate of drug-likeness (QED) is 0.724. The third kappa shape index (κ3) is 5.05. The molecule has 1 rings (SSSR count). The fourth-order valence-electron chi connectivity index (χ4n) is 1.92. The van der Waals surface area contributed by atoms with E-state index in [9.17, 15) is 4.39 Å². The molecule has 0 saturated carbocycles. The van der Waals surface area contributed by atoms with Crippen LogP contribution in [0.25, 0.3) is 0 Å². The zero-order valence-corrected chi connectivity index (χ0v) is 11.1. The normalized spacial score (nSPS) is 12.7. The molecule has 0 fully saturated rings. The first-order valence-electron chi connectivity index (χ1n) is 6.33. The monoisotopic (exact) mass is 257 g/mol. The van der Waals surface area contributed by atoms with Gasteiger partial charge in [0.15, 0.2) is 0 Å². The van der Waals surface area contributed by atoms with E-state index in [0.717, 1.165) is 18.4 Å². The van der Waals surface area contributed by atoms with Crippen molar-refractivity contribution in [2.24, 2.45) is 5.73 Å². The molecule has 0 aliphatic carbocycles. The molecule has 0 bridgehead atoms. The summed E-state index contributed by atoms with van der Waals surface area (Å²) in [5, 5.41) is 0.219. The lowest BCUT2D eigenvalue weighted by Gasteiger charge is -2.12. The van der Waals surface area contributed by atoms with Crippen molar-refractivity contribution in [1.82, 2.24) is 0 Å². The lowest BCUT2D eigenvalue weighted by atomic mass is 10.0. The van der Waals surface area contributed by atoms with Crippen molar-refractivity contribution in [3.05, 3.63) is 34.6 Å². The van der Waals surface area contributed by atoms with Gasteiger partial charge in [0.1, 0.15) is 5.82 Å². The fourth-order valence-corrected chi connectivity index (χ4v) is 2.13. The van der Waals surface area contributed by atoms with Crippen LogP contribution in [0, 0.1) is 5.82 Å². The Hall–Kier alpha value is -0.600. The summed E-state index contributed by atoms with van der Waals surface area (Å²) in [5.41, 5.74) is 6.84. The maximum atomic E-state index is 13.2. The second-order valence-corrected chi connectivity index (χ2v) is 4.90. The van der Waals surface area contributed by atoms with E-state index in [4.69, 9.17) is 17.3 Å². The molecule has 0 amide bonds. The molecule has 0 radical (unpaired) electrons. The van der Waals surface area contributed by atoms with E-state index in [2.05, 4.69) is 6.92 Å². The standard InChI is InChI=1S/C14H21ClFN/c1-2-3-4-5-8-12(17)10-11-7-6-9-13(16)14(11)15/h6-7,9,12H,2-5,8,10,17H2,1H3. The highest BCUT2D eigenvalue weighted by Gasteiger charge is 2.09. The first-order chi connectivity index (χ1) is 8.15. The van der Waals surface area contributed by atoms with Gasteiger partial charge >= 0.3 is 0 Å². The van der Waals surface area contributed by atoms with Gasteiger partial charge in [-0.15, -0.1) is 0 Å². The van der Waals surface area contributed by atoms with Crippen LogP contribution >= 0.6 is 11.6 Å². The number of halogens is 2. The van der Waals surface area contributed by atoms with Crippen molar-refractivity contribution in [3.63, 3.8) is 0 Å². The van der Waals surface area contributed by atoms with Crippen molar-refractivity contribution >= 4 is 11.6 Å². The number of nitrogens with two attached hydrogens (primary N) is 1. The Morgan fingerprint density at radius 1 is 1.29 bits per heavy atom. The molecule has 0 saturated heterocycles. The van der Waals surface area contributed by atoms with Crippen molar-refractivity contribution in [3.8, 4) is 0 Å². The summed E-state index contributed by atoms with van der Waals surface area (Å²) in [6.45, 7) is 2.19. The largest absolute Gasteiger partial charge is 0.327 e. The van der Waals surface area contributed by atoms with Crippen LogP contribution < -0.4 is 5.73 Å². The number of hydrogen-bond donors (Lipinski definition) is 1. The maximum absolute atomic E-state index is 13.2. The molecule has 1 atom stereocenters. The van der Waals surface area contributed by atoms with E-state index in [1.165, 1.54) is 25.3 Å². The molecule has 0 aliphatic heterocycles. The van der Waals surface area contributed by atoms with Gasteiger partial charge in [0, 0.05) is 6.04 Å². The van der Waals surface area contributed by atoms with Gasteiger partial charge < -0.3 is 5.73 Å². The first kappa shape index (κ1) is 14.5. The van der Waals surface area contributed by atoms with Crippen LogP contribution in [0.15, 0.2) is 18.2 Å². The number of hydrogen-bond acceptors (Lipinski definition) is 1. The van der Waals surface area contributed by atoms with Gasteiger partial charge in [0.05, 0.1) is 5.02 Å². The van der Waals surface area contributed by atoms with E-state index in [1.54, 1.807) is 6.07 Å². The minimum absolute atomic E-state index is 0.0751. The maximum Gasteiger partial charge on any atom is 0.142 e. The molecule has 0 aromatic heterocycles. The summed E-state index contributed by atoms with van der Waals surface area (Å²) in [6, 6.07) is 4.97. The van der Waals surface area contributed by atoms with Gasteiger partial charge in [0.2, 0.25) is 0 Å². The fraction of sp³-hybridized carbons (Fsp3) is 0.571. The van der Waals surface area contributed by atoms with Crippen molar-refractivity contribution < 1.29 is 4.39 Å². The topological polar surface area (TPSA) is 26.0 Å². The van der Waals surface area contributed by atoms with Gasteiger partial charge in [-0.3, -0.25) is 0 Å². The summed E-state index contributed by atoms with van der Waals surface area (Å²) in [6.07, 6.45) is 6.48. The molecule has 1 unspecified atom stereocenters. The lowest BCUT2D eigenvalue weighted by Crippen LogP contribution is -2.22. The number of rotatable bonds is 7. The Labute approximate surface area is 108 Å². The molecule has 1 aromatic rings. The molecule has 0 heterocycles. The van der Waals surface area contributed by atoms with Crippen molar-refractivity contribution in [2.45, 2.75) is 51.5 Å². The molecule has 0 aliphatic rings. The van der Waals surface area contributed by atoms with Gasteiger partial charge in [-0.25, -0.2) is 4.39 Å². The Morgan fingerprint density at radius 2 is 2.06 bits per heavy atom. The molecule has 0 spiro atoms. The van der Waals surface area contributed by atoms with E-state index in [-0.39, 0.29) is 16.9 Å². The van der Waals surface area contributed by atoms with Crippen LogP contribution in [0.1, 0.15) is 44.6 Å². The van der Waals surface area contributed by atoms with Crippen LogP contribution in [0.5, 0.6) is 0 Å². The van der Waals surface area contributed by atoms with Crippen LogP contribution in [0.4, 0.5) is 4.39 Å². The Balaban J connectivity index is 2.39.